The van der Waals surface area contributed by atoms with Crippen molar-refractivity contribution in [2.24, 2.45) is 5.73 Å². The number of pyridine rings is 1. The minimum Gasteiger partial charge on any atom is -0.382 e. The molecule has 0 spiro atoms. The molecule has 3 aromatic rings. The van der Waals surface area contributed by atoms with E-state index in [4.69, 9.17) is 16.2 Å². The SMILES string of the molecule is NCCC[C@H]1COCc2nc3c(N)nc4ccccc4c3n21. The minimum atomic E-state index is 0.252. The van der Waals surface area contributed by atoms with Crippen LogP contribution in [0.1, 0.15) is 24.7 Å². The van der Waals surface area contributed by atoms with Gasteiger partial charge in [-0.15, -0.1) is 0 Å². The Labute approximate surface area is 128 Å². The molecule has 0 aliphatic carbocycles. The third-order valence-electron chi connectivity index (χ3n) is 4.27. The lowest BCUT2D eigenvalue weighted by atomic mass is 10.1. The maximum Gasteiger partial charge on any atom is 0.152 e. The first-order valence-electron chi connectivity index (χ1n) is 7.62. The maximum atomic E-state index is 6.13. The molecule has 4 rings (SSSR count). The molecule has 0 saturated carbocycles. The smallest absolute Gasteiger partial charge is 0.152 e. The van der Waals surface area contributed by atoms with Crippen LogP contribution in [0.2, 0.25) is 0 Å². The third-order valence-corrected chi connectivity index (χ3v) is 4.27. The Balaban J connectivity index is 2.02. The lowest BCUT2D eigenvalue weighted by Crippen LogP contribution is -2.24. The van der Waals surface area contributed by atoms with Crippen LogP contribution in [-0.2, 0) is 11.3 Å². The molecule has 6 heteroatoms. The quantitative estimate of drug-likeness (QED) is 0.771. The number of hydrogen-bond donors (Lipinski definition) is 2. The fourth-order valence-electron chi connectivity index (χ4n) is 3.29. The van der Waals surface area contributed by atoms with Crippen LogP contribution in [0.25, 0.3) is 21.9 Å². The second-order valence-corrected chi connectivity index (χ2v) is 5.71. The summed E-state index contributed by atoms with van der Waals surface area (Å²) in [6.07, 6.45) is 1.94. The predicted octanol–water partition coefficient (Wildman–Crippen LogP) is 1.98. The number of hydrogen-bond acceptors (Lipinski definition) is 5. The average Bonchev–Trinajstić information content (AvgIpc) is 2.94. The molecule has 1 atom stereocenters. The number of nitrogens with two attached hydrogens (primary N) is 2. The summed E-state index contributed by atoms with van der Waals surface area (Å²) in [4.78, 5) is 9.16. The standard InChI is InChI=1S/C16H19N5O/c17-7-3-4-10-8-22-9-13-20-14-15(21(10)13)11-5-1-2-6-12(11)19-16(14)18/h1-2,5-6,10H,3-4,7-9,17H2,(H2,18,19)/t10-/m0/s1. The van der Waals surface area contributed by atoms with Crippen LogP contribution in [0.4, 0.5) is 5.82 Å². The Morgan fingerprint density at radius 3 is 3.00 bits per heavy atom. The summed E-state index contributed by atoms with van der Waals surface area (Å²) in [5.74, 6) is 1.40. The molecular formula is C16H19N5O. The predicted molar refractivity (Wildman–Crippen MR) is 86.4 cm³/mol. The first-order valence-corrected chi connectivity index (χ1v) is 7.62. The van der Waals surface area contributed by atoms with E-state index < -0.39 is 0 Å². The van der Waals surface area contributed by atoms with E-state index in [1.807, 2.05) is 18.2 Å². The number of benzene rings is 1. The summed E-state index contributed by atoms with van der Waals surface area (Å²) in [6.45, 7) is 1.89. The van der Waals surface area contributed by atoms with Crippen molar-refractivity contribution in [3.8, 4) is 0 Å². The fraction of sp³-hybridized carbons (Fsp3) is 0.375. The van der Waals surface area contributed by atoms with Crippen LogP contribution in [0.15, 0.2) is 24.3 Å². The van der Waals surface area contributed by atoms with Crippen LogP contribution < -0.4 is 11.5 Å². The summed E-state index contributed by atoms with van der Waals surface area (Å²) in [7, 11) is 0. The number of ether oxygens (including phenoxy) is 1. The number of anilines is 1. The molecule has 4 N–H and O–H groups in total. The van der Waals surface area contributed by atoms with Crippen molar-refractivity contribution in [2.75, 3.05) is 18.9 Å². The van der Waals surface area contributed by atoms with Gasteiger partial charge in [-0.05, 0) is 25.5 Å². The molecule has 2 aromatic heterocycles. The van der Waals surface area contributed by atoms with Crippen molar-refractivity contribution in [3.63, 3.8) is 0 Å². The fourth-order valence-corrected chi connectivity index (χ4v) is 3.29. The van der Waals surface area contributed by atoms with Gasteiger partial charge in [-0.1, -0.05) is 18.2 Å². The van der Waals surface area contributed by atoms with Crippen LogP contribution >= 0.6 is 0 Å². The second kappa shape index (κ2) is 5.23. The van der Waals surface area contributed by atoms with Gasteiger partial charge in [0.05, 0.1) is 23.7 Å². The van der Waals surface area contributed by atoms with E-state index >= 15 is 0 Å². The number of aromatic nitrogens is 3. The number of imidazole rings is 1. The zero-order valence-corrected chi connectivity index (χ0v) is 12.3. The number of nitrogens with zero attached hydrogens (tertiary/aromatic N) is 3. The Hall–Kier alpha value is -2.18. The summed E-state index contributed by atoms with van der Waals surface area (Å²) in [6, 6.07) is 8.31. The molecule has 0 amide bonds. The second-order valence-electron chi connectivity index (χ2n) is 5.71. The van der Waals surface area contributed by atoms with Gasteiger partial charge >= 0.3 is 0 Å². The van der Waals surface area contributed by atoms with Crippen molar-refractivity contribution < 1.29 is 4.74 Å². The molecule has 6 nitrogen and oxygen atoms in total. The highest BCUT2D eigenvalue weighted by Gasteiger charge is 2.26. The van der Waals surface area contributed by atoms with E-state index in [0.29, 0.717) is 25.6 Å². The van der Waals surface area contributed by atoms with Crippen LogP contribution in [0, 0.1) is 0 Å². The molecule has 114 valence electrons. The zero-order valence-electron chi connectivity index (χ0n) is 12.3. The summed E-state index contributed by atoms with van der Waals surface area (Å²) in [5.41, 5.74) is 14.6. The minimum absolute atomic E-state index is 0.252. The normalized spacial score (nSPS) is 18.0. The highest BCUT2D eigenvalue weighted by atomic mass is 16.5. The van der Waals surface area contributed by atoms with Crippen molar-refractivity contribution in [2.45, 2.75) is 25.5 Å². The number of fused-ring (bicyclic) bond motifs is 5. The van der Waals surface area contributed by atoms with E-state index in [2.05, 4.69) is 20.6 Å². The van der Waals surface area contributed by atoms with Crippen molar-refractivity contribution in [1.29, 1.82) is 0 Å². The molecule has 0 saturated heterocycles. The Morgan fingerprint density at radius 2 is 2.14 bits per heavy atom. The summed E-state index contributed by atoms with van der Waals surface area (Å²) < 4.78 is 7.99. The van der Waals surface area contributed by atoms with E-state index in [9.17, 15) is 0 Å². The number of para-hydroxylation sites is 1. The van der Waals surface area contributed by atoms with E-state index in [1.54, 1.807) is 0 Å². The molecule has 1 aliphatic heterocycles. The van der Waals surface area contributed by atoms with Gasteiger partial charge in [0.1, 0.15) is 17.9 Å². The highest BCUT2D eigenvalue weighted by molar-refractivity contribution is 6.06. The van der Waals surface area contributed by atoms with Crippen LogP contribution in [-0.4, -0.2) is 27.7 Å². The molecule has 0 unspecified atom stereocenters. The van der Waals surface area contributed by atoms with Gasteiger partial charge in [0.15, 0.2) is 5.82 Å². The van der Waals surface area contributed by atoms with Gasteiger partial charge in [0.2, 0.25) is 0 Å². The Bertz CT molecular complexity index is 841. The molecule has 0 bridgehead atoms. The number of rotatable bonds is 3. The maximum absolute atomic E-state index is 6.13. The van der Waals surface area contributed by atoms with Gasteiger partial charge in [-0.3, -0.25) is 0 Å². The van der Waals surface area contributed by atoms with Gasteiger partial charge < -0.3 is 20.8 Å². The van der Waals surface area contributed by atoms with E-state index in [0.717, 1.165) is 40.6 Å². The van der Waals surface area contributed by atoms with Gasteiger partial charge in [0, 0.05) is 5.39 Å². The Kier molecular flexibility index (Phi) is 3.20. The lowest BCUT2D eigenvalue weighted by Gasteiger charge is -2.26. The van der Waals surface area contributed by atoms with Gasteiger partial charge in [-0.2, -0.15) is 0 Å². The van der Waals surface area contributed by atoms with Crippen LogP contribution in [0.3, 0.4) is 0 Å². The summed E-state index contributed by atoms with van der Waals surface area (Å²) >= 11 is 0. The highest BCUT2D eigenvalue weighted by Crippen LogP contribution is 2.34. The van der Waals surface area contributed by atoms with Crippen molar-refractivity contribution in [3.05, 3.63) is 30.1 Å². The molecular weight excluding hydrogens is 278 g/mol. The number of nitrogen functional groups attached to an aromatic ring is 1. The largest absolute Gasteiger partial charge is 0.382 e. The molecule has 0 radical (unpaired) electrons. The first-order chi connectivity index (χ1) is 10.8. The van der Waals surface area contributed by atoms with E-state index in [1.165, 1.54) is 0 Å². The molecule has 3 heterocycles. The molecule has 22 heavy (non-hydrogen) atoms. The monoisotopic (exact) mass is 297 g/mol. The third kappa shape index (κ3) is 1.95. The Morgan fingerprint density at radius 1 is 1.27 bits per heavy atom. The molecule has 1 aromatic carbocycles. The summed E-state index contributed by atoms with van der Waals surface area (Å²) in [5, 5.41) is 1.09. The zero-order chi connectivity index (χ0) is 15.1. The van der Waals surface area contributed by atoms with Gasteiger partial charge in [0.25, 0.3) is 0 Å². The molecule has 0 fully saturated rings. The topological polar surface area (TPSA) is 92.0 Å². The van der Waals surface area contributed by atoms with Crippen LogP contribution in [0.5, 0.6) is 0 Å². The first kappa shape index (κ1) is 13.5. The lowest BCUT2D eigenvalue weighted by molar-refractivity contribution is 0.0535. The van der Waals surface area contributed by atoms with E-state index in [-0.39, 0.29) is 6.04 Å². The van der Waals surface area contributed by atoms with Gasteiger partial charge in [-0.25, -0.2) is 9.97 Å². The average molecular weight is 297 g/mol. The van der Waals surface area contributed by atoms with Crippen molar-refractivity contribution >= 4 is 27.8 Å². The molecule has 1 aliphatic rings. The van der Waals surface area contributed by atoms with Crippen molar-refractivity contribution in [1.82, 2.24) is 14.5 Å².